The van der Waals surface area contributed by atoms with E-state index < -0.39 is 11.9 Å². The summed E-state index contributed by atoms with van der Waals surface area (Å²) >= 11 is 0. The van der Waals surface area contributed by atoms with Crippen LogP contribution in [-0.4, -0.2) is 23.6 Å². The van der Waals surface area contributed by atoms with E-state index in [4.69, 9.17) is 4.42 Å². The molecule has 0 spiro atoms. The number of hydrogen-bond donors (Lipinski definition) is 2. The first-order valence-electron chi connectivity index (χ1n) is 7.86. The molecule has 0 bridgehead atoms. The van der Waals surface area contributed by atoms with Gasteiger partial charge in [-0.05, 0) is 55.7 Å². The van der Waals surface area contributed by atoms with Gasteiger partial charge in [0.05, 0.1) is 6.26 Å². The zero-order chi connectivity index (χ0) is 17.1. The maximum atomic E-state index is 12.2. The molecule has 0 unspecified atom stereocenters. The van der Waals surface area contributed by atoms with Crippen LogP contribution in [0.5, 0.6) is 0 Å². The van der Waals surface area contributed by atoms with E-state index in [2.05, 4.69) is 10.6 Å². The first-order chi connectivity index (χ1) is 11.5. The molecule has 1 aliphatic carbocycles. The van der Waals surface area contributed by atoms with E-state index in [1.807, 2.05) is 6.07 Å². The second-order valence-electron chi connectivity index (χ2n) is 5.81. The summed E-state index contributed by atoms with van der Waals surface area (Å²) in [6.45, 7) is 1.60. The fourth-order valence-corrected chi connectivity index (χ4v) is 2.72. The van der Waals surface area contributed by atoms with Gasteiger partial charge in [-0.15, -0.1) is 0 Å². The van der Waals surface area contributed by atoms with Crippen LogP contribution in [-0.2, 0) is 11.2 Å². The van der Waals surface area contributed by atoms with Gasteiger partial charge >= 0.3 is 0 Å². The molecule has 2 aromatic rings. The van der Waals surface area contributed by atoms with Crippen molar-refractivity contribution in [3.05, 3.63) is 53.5 Å². The lowest BCUT2D eigenvalue weighted by atomic mass is 9.90. The summed E-state index contributed by atoms with van der Waals surface area (Å²) in [5, 5.41) is 5.33. The van der Waals surface area contributed by atoms with Crippen molar-refractivity contribution >= 4 is 23.3 Å². The molecule has 24 heavy (non-hydrogen) atoms. The minimum Gasteiger partial charge on any atom is -0.459 e. The topological polar surface area (TPSA) is 88.4 Å². The monoisotopic (exact) mass is 326 g/mol. The number of ketones is 1. The van der Waals surface area contributed by atoms with Gasteiger partial charge in [-0.3, -0.25) is 14.4 Å². The van der Waals surface area contributed by atoms with Gasteiger partial charge in [0.1, 0.15) is 6.04 Å². The Morgan fingerprint density at radius 1 is 1.21 bits per heavy atom. The zero-order valence-electron chi connectivity index (χ0n) is 13.3. The largest absolute Gasteiger partial charge is 0.459 e. The second kappa shape index (κ2) is 6.70. The Kier molecular flexibility index (Phi) is 4.46. The molecule has 1 aromatic heterocycles. The third-order valence-corrected chi connectivity index (χ3v) is 4.01. The first kappa shape index (κ1) is 16.0. The Labute approximate surface area is 139 Å². The molecular formula is C18H18N2O4. The summed E-state index contributed by atoms with van der Waals surface area (Å²) < 4.78 is 4.99. The van der Waals surface area contributed by atoms with Crippen molar-refractivity contribution in [1.82, 2.24) is 5.32 Å². The van der Waals surface area contributed by atoms with Crippen LogP contribution in [0.3, 0.4) is 0 Å². The van der Waals surface area contributed by atoms with E-state index in [0.29, 0.717) is 12.1 Å². The van der Waals surface area contributed by atoms with Crippen molar-refractivity contribution in [2.45, 2.75) is 32.2 Å². The molecule has 2 amide bonds. The van der Waals surface area contributed by atoms with Gasteiger partial charge in [0.15, 0.2) is 11.5 Å². The van der Waals surface area contributed by atoms with Crippen molar-refractivity contribution in [3.8, 4) is 0 Å². The maximum absolute atomic E-state index is 12.2. The lowest BCUT2D eigenvalue weighted by Crippen LogP contribution is -2.41. The van der Waals surface area contributed by atoms with Gasteiger partial charge < -0.3 is 15.1 Å². The molecule has 2 N–H and O–H groups in total. The Morgan fingerprint density at radius 3 is 2.79 bits per heavy atom. The number of carbonyl (C=O) groups is 3. The number of anilines is 1. The number of nitrogens with one attached hydrogen (secondary N) is 2. The lowest BCUT2D eigenvalue weighted by Gasteiger charge is -2.17. The van der Waals surface area contributed by atoms with Crippen molar-refractivity contribution < 1.29 is 18.8 Å². The van der Waals surface area contributed by atoms with Crippen LogP contribution in [0.15, 0.2) is 41.0 Å². The predicted octanol–water partition coefficient (Wildman–Crippen LogP) is 2.56. The summed E-state index contributed by atoms with van der Waals surface area (Å²) in [7, 11) is 0. The molecule has 0 saturated carbocycles. The van der Waals surface area contributed by atoms with E-state index in [1.165, 1.54) is 12.3 Å². The highest BCUT2D eigenvalue weighted by Crippen LogP contribution is 2.24. The molecule has 1 aliphatic rings. The molecule has 6 heteroatoms. The summed E-state index contributed by atoms with van der Waals surface area (Å²) in [6, 6.07) is 7.69. The van der Waals surface area contributed by atoms with Gasteiger partial charge in [0.2, 0.25) is 5.91 Å². The number of furan rings is 1. The Balaban J connectivity index is 1.64. The van der Waals surface area contributed by atoms with E-state index in [0.717, 1.165) is 24.0 Å². The highest BCUT2D eigenvalue weighted by atomic mass is 16.3. The molecule has 1 atom stereocenters. The van der Waals surface area contributed by atoms with E-state index >= 15 is 0 Å². The van der Waals surface area contributed by atoms with E-state index in [1.54, 1.807) is 25.1 Å². The molecule has 0 saturated heterocycles. The number of carbonyl (C=O) groups excluding carboxylic acids is 3. The molecular weight excluding hydrogens is 308 g/mol. The quantitative estimate of drug-likeness (QED) is 0.904. The fourth-order valence-electron chi connectivity index (χ4n) is 2.72. The Hall–Kier alpha value is -2.89. The van der Waals surface area contributed by atoms with Crippen LogP contribution in [0, 0.1) is 0 Å². The number of Topliss-reactive ketones (excluding diaryl/α,β-unsaturated/α-hetero) is 1. The minimum absolute atomic E-state index is 0.146. The Bertz CT molecular complexity index is 780. The number of fused-ring (bicyclic) bond motifs is 1. The molecule has 3 rings (SSSR count). The molecule has 0 aliphatic heterocycles. The maximum Gasteiger partial charge on any atom is 0.287 e. The van der Waals surface area contributed by atoms with E-state index in [-0.39, 0.29) is 17.5 Å². The van der Waals surface area contributed by atoms with Crippen LogP contribution in [0.2, 0.25) is 0 Å². The fraction of sp³-hybridized carbons (Fsp3) is 0.278. The number of aryl methyl sites for hydroxylation is 1. The third-order valence-electron chi connectivity index (χ3n) is 4.01. The SMILES string of the molecule is C[C@@H](NC(=O)c1ccco1)C(=O)Nc1ccc2c(c1)CCCC2=O. The molecule has 0 fully saturated rings. The summed E-state index contributed by atoms with van der Waals surface area (Å²) in [5.41, 5.74) is 2.31. The average Bonchev–Trinajstić information content (AvgIpc) is 3.09. The molecule has 6 nitrogen and oxygen atoms in total. The molecule has 1 aromatic carbocycles. The van der Waals surface area contributed by atoms with Crippen LogP contribution in [0.4, 0.5) is 5.69 Å². The van der Waals surface area contributed by atoms with Gasteiger partial charge in [0.25, 0.3) is 5.91 Å². The number of benzene rings is 1. The normalized spacial score (nSPS) is 14.6. The number of amides is 2. The van der Waals surface area contributed by atoms with Crippen LogP contribution >= 0.6 is 0 Å². The van der Waals surface area contributed by atoms with Crippen molar-refractivity contribution in [1.29, 1.82) is 0 Å². The van der Waals surface area contributed by atoms with Gasteiger partial charge in [-0.2, -0.15) is 0 Å². The summed E-state index contributed by atoms with van der Waals surface area (Å²) in [5.74, 6) is -0.481. The van der Waals surface area contributed by atoms with Gasteiger partial charge in [-0.25, -0.2) is 0 Å². The highest BCUT2D eigenvalue weighted by molar-refractivity contribution is 6.01. The minimum atomic E-state index is -0.722. The van der Waals surface area contributed by atoms with Gasteiger partial charge in [-0.1, -0.05) is 0 Å². The zero-order valence-corrected chi connectivity index (χ0v) is 13.3. The number of hydrogen-bond acceptors (Lipinski definition) is 4. The van der Waals surface area contributed by atoms with Crippen LogP contribution in [0.25, 0.3) is 0 Å². The van der Waals surface area contributed by atoms with Gasteiger partial charge in [0, 0.05) is 17.7 Å². The average molecular weight is 326 g/mol. The molecule has 1 heterocycles. The van der Waals surface area contributed by atoms with Crippen LogP contribution in [0.1, 0.15) is 46.2 Å². The summed E-state index contributed by atoms with van der Waals surface area (Å²) in [4.78, 5) is 35.9. The second-order valence-corrected chi connectivity index (χ2v) is 5.81. The molecule has 0 radical (unpaired) electrons. The summed E-state index contributed by atoms with van der Waals surface area (Å²) in [6.07, 6.45) is 3.64. The third kappa shape index (κ3) is 3.37. The standard InChI is InChI=1S/C18H18N2O4/c1-11(19-18(23)16-6-3-9-24-16)17(22)20-13-7-8-14-12(10-13)4-2-5-15(14)21/h3,6-11H,2,4-5H2,1H3,(H,19,23)(H,20,22)/t11-/m1/s1. The molecule has 124 valence electrons. The predicted molar refractivity (Wildman–Crippen MR) is 88.0 cm³/mol. The van der Waals surface area contributed by atoms with Crippen molar-refractivity contribution in [3.63, 3.8) is 0 Å². The lowest BCUT2D eigenvalue weighted by molar-refractivity contribution is -0.117. The van der Waals surface area contributed by atoms with E-state index in [9.17, 15) is 14.4 Å². The smallest absolute Gasteiger partial charge is 0.287 e. The Morgan fingerprint density at radius 2 is 2.04 bits per heavy atom. The van der Waals surface area contributed by atoms with Crippen LogP contribution < -0.4 is 10.6 Å². The highest BCUT2D eigenvalue weighted by Gasteiger charge is 2.20. The van der Waals surface area contributed by atoms with Crippen molar-refractivity contribution in [2.75, 3.05) is 5.32 Å². The van der Waals surface area contributed by atoms with Crippen molar-refractivity contribution in [2.24, 2.45) is 0 Å². The first-order valence-corrected chi connectivity index (χ1v) is 7.86. The number of rotatable bonds is 4.